The van der Waals surface area contributed by atoms with Gasteiger partial charge in [0.05, 0.1) is 21.2 Å². The van der Waals surface area contributed by atoms with E-state index < -0.39 is 23.3 Å². The molecule has 0 aliphatic carbocycles. The number of ether oxygens (including phenoxy) is 1. The van der Waals surface area contributed by atoms with E-state index >= 15 is 0 Å². The Hall–Kier alpha value is -2.75. The van der Waals surface area contributed by atoms with Gasteiger partial charge in [-0.2, -0.15) is 13.2 Å². The number of alkyl halides is 3. The molecule has 0 radical (unpaired) electrons. The fraction of sp³-hybridized carbons (Fsp3) is 0.250. The molecule has 3 rings (SSSR count). The van der Waals surface area contributed by atoms with Crippen LogP contribution in [0.15, 0.2) is 53.7 Å². The van der Waals surface area contributed by atoms with Crippen molar-refractivity contribution in [2.75, 3.05) is 0 Å². The Labute approximate surface area is 213 Å². The van der Waals surface area contributed by atoms with E-state index in [9.17, 15) is 28.3 Å². The van der Waals surface area contributed by atoms with Gasteiger partial charge in [0.25, 0.3) is 0 Å². The van der Waals surface area contributed by atoms with Crippen LogP contribution in [-0.2, 0) is 17.4 Å². The van der Waals surface area contributed by atoms with Crippen LogP contribution in [0.1, 0.15) is 36.3 Å². The van der Waals surface area contributed by atoms with Crippen molar-refractivity contribution in [3.8, 4) is 16.2 Å². The first-order valence-electron chi connectivity index (χ1n) is 10.2. The van der Waals surface area contributed by atoms with Crippen molar-refractivity contribution >= 4 is 46.2 Å². The highest BCUT2D eigenvalue weighted by Crippen LogP contribution is 2.38. The minimum Gasteiger partial charge on any atom is -0.478 e. The molecule has 0 saturated carbocycles. The summed E-state index contributed by atoms with van der Waals surface area (Å²) in [5.41, 5.74) is -0.615. The Balaban J connectivity index is 1.73. The number of hydrogen-bond acceptors (Lipinski definition) is 5. The first-order valence-corrected chi connectivity index (χ1v) is 11.8. The average Bonchev–Trinajstić information content (AvgIpc) is 3.28. The lowest BCUT2D eigenvalue weighted by Gasteiger charge is -2.23. The highest BCUT2D eigenvalue weighted by Gasteiger charge is 2.31. The van der Waals surface area contributed by atoms with Crippen molar-refractivity contribution in [3.05, 3.63) is 74.6 Å². The monoisotopic (exact) mass is 545 g/mol. The van der Waals surface area contributed by atoms with E-state index in [1.807, 2.05) is 0 Å². The SMILES string of the molecule is CC(C)(Oc1ccc(CCC(=NO)c2ccc(-c3ccc(C(F)(F)F)cc3)s2)c(Cl)c1Cl)C(=O)O. The second-order valence-corrected chi connectivity index (χ2v) is 9.89. The summed E-state index contributed by atoms with van der Waals surface area (Å²) in [7, 11) is 0. The molecule has 3 aromatic rings. The third kappa shape index (κ3) is 6.28. The van der Waals surface area contributed by atoms with Crippen LogP contribution in [0.5, 0.6) is 5.75 Å². The highest BCUT2D eigenvalue weighted by molar-refractivity contribution is 7.17. The fourth-order valence-corrected chi connectivity index (χ4v) is 4.61. The Bertz CT molecular complexity index is 1250. The summed E-state index contributed by atoms with van der Waals surface area (Å²) < 4.78 is 43.9. The molecular formula is C24H20Cl2F3NO4S. The van der Waals surface area contributed by atoms with Gasteiger partial charge < -0.3 is 15.1 Å². The minimum atomic E-state index is -4.41. The second kappa shape index (κ2) is 10.5. The minimum absolute atomic E-state index is 0.0710. The third-order valence-electron chi connectivity index (χ3n) is 5.15. The standard InChI is InChI=1S/C24H20Cl2F3NO4S/c1-23(2,22(31)32)34-17-10-6-14(20(25)21(17)26)5-9-16(30-33)19-12-11-18(35-19)13-3-7-15(8-4-13)24(27,28)29/h3-4,6-8,10-12,33H,5,9H2,1-2H3,(H,31,32). The zero-order chi connectivity index (χ0) is 26.0. The number of halogens is 5. The topological polar surface area (TPSA) is 79.1 Å². The normalized spacial score (nSPS) is 12.6. The molecule has 0 atom stereocenters. The average molecular weight is 546 g/mol. The number of thiophene rings is 1. The zero-order valence-corrected chi connectivity index (χ0v) is 20.8. The van der Waals surface area contributed by atoms with Crippen molar-refractivity contribution in [1.82, 2.24) is 0 Å². The van der Waals surface area contributed by atoms with Crippen molar-refractivity contribution in [2.24, 2.45) is 5.16 Å². The lowest BCUT2D eigenvalue weighted by atomic mass is 10.1. The smallest absolute Gasteiger partial charge is 0.416 e. The highest BCUT2D eigenvalue weighted by atomic mass is 35.5. The molecule has 35 heavy (non-hydrogen) atoms. The van der Waals surface area contributed by atoms with Crippen LogP contribution in [0.25, 0.3) is 10.4 Å². The molecule has 186 valence electrons. The lowest BCUT2D eigenvalue weighted by Crippen LogP contribution is -2.38. The van der Waals surface area contributed by atoms with E-state index in [2.05, 4.69) is 5.16 Å². The summed E-state index contributed by atoms with van der Waals surface area (Å²) in [6, 6.07) is 11.5. The summed E-state index contributed by atoms with van der Waals surface area (Å²) >= 11 is 13.9. The predicted octanol–water partition coefficient (Wildman–Crippen LogP) is 7.79. The van der Waals surface area contributed by atoms with E-state index in [1.165, 1.54) is 43.4 Å². The number of carboxylic acid groups (broad SMARTS) is 1. The molecule has 0 unspecified atom stereocenters. The summed E-state index contributed by atoms with van der Waals surface area (Å²) in [6.07, 6.45) is -3.76. The van der Waals surface area contributed by atoms with Crippen LogP contribution >= 0.6 is 34.5 Å². The van der Waals surface area contributed by atoms with Crippen molar-refractivity contribution in [2.45, 2.75) is 38.5 Å². The molecule has 0 aliphatic heterocycles. The van der Waals surface area contributed by atoms with Crippen molar-refractivity contribution < 1.29 is 33.0 Å². The number of carbonyl (C=O) groups is 1. The first-order chi connectivity index (χ1) is 16.3. The molecule has 0 bridgehead atoms. The Kier molecular flexibility index (Phi) is 8.03. The number of carboxylic acids is 1. The Morgan fingerprint density at radius 3 is 2.26 bits per heavy atom. The number of nitrogens with zero attached hydrogens (tertiary/aromatic N) is 1. The van der Waals surface area contributed by atoms with Gasteiger partial charge in [-0.3, -0.25) is 0 Å². The molecule has 1 heterocycles. The van der Waals surface area contributed by atoms with Gasteiger partial charge in [0.1, 0.15) is 10.8 Å². The molecule has 0 spiro atoms. The van der Waals surface area contributed by atoms with E-state index in [0.29, 0.717) is 34.6 Å². The van der Waals surface area contributed by atoms with Crippen molar-refractivity contribution in [1.29, 1.82) is 0 Å². The number of aliphatic carboxylic acids is 1. The second-order valence-electron chi connectivity index (χ2n) is 8.05. The molecule has 0 aliphatic rings. The molecule has 5 nitrogen and oxygen atoms in total. The van der Waals surface area contributed by atoms with Gasteiger partial charge in [-0.1, -0.05) is 46.6 Å². The summed E-state index contributed by atoms with van der Waals surface area (Å²) in [6.45, 7) is 2.77. The van der Waals surface area contributed by atoms with Gasteiger partial charge in [0, 0.05) is 4.88 Å². The van der Waals surface area contributed by atoms with Crippen molar-refractivity contribution in [3.63, 3.8) is 0 Å². The first kappa shape index (κ1) is 26.8. The van der Waals surface area contributed by atoms with Crippen LogP contribution in [0.3, 0.4) is 0 Å². The summed E-state index contributed by atoms with van der Waals surface area (Å²) in [5.74, 6) is -1.03. The van der Waals surface area contributed by atoms with Gasteiger partial charge in [-0.25, -0.2) is 4.79 Å². The maximum absolute atomic E-state index is 12.8. The number of aryl methyl sites for hydroxylation is 1. The lowest BCUT2D eigenvalue weighted by molar-refractivity contribution is -0.152. The zero-order valence-electron chi connectivity index (χ0n) is 18.5. The Morgan fingerprint density at radius 2 is 1.69 bits per heavy atom. The number of hydrogen-bond donors (Lipinski definition) is 2. The van der Waals surface area contributed by atoms with Crippen LogP contribution < -0.4 is 4.74 Å². The van der Waals surface area contributed by atoms with E-state index in [4.69, 9.17) is 27.9 Å². The van der Waals surface area contributed by atoms with Crippen LogP contribution in [-0.4, -0.2) is 27.6 Å². The molecular weight excluding hydrogens is 526 g/mol. The fourth-order valence-electron chi connectivity index (χ4n) is 3.11. The van der Waals surface area contributed by atoms with Crippen LogP contribution in [0.4, 0.5) is 13.2 Å². The van der Waals surface area contributed by atoms with Crippen LogP contribution in [0.2, 0.25) is 10.0 Å². The maximum Gasteiger partial charge on any atom is 0.416 e. The van der Waals surface area contributed by atoms with E-state index in [-0.39, 0.29) is 15.8 Å². The van der Waals surface area contributed by atoms with Gasteiger partial charge in [-0.15, -0.1) is 11.3 Å². The van der Waals surface area contributed by atoms with Gasteiger partial charge in [0.15, 0.2) is 5.60 Å². The maximum atomic E-state index is 12.8. The third-order valence-corrected chi connectivity index (χ3v) is 7.23. The van der Waals surface area contributed by atoms with E-state index in [0.717, 1.165) is 17.0 Å². The quantitative estimate of drug-likeness (QED) is 0.172. The van der Waals surface area contributed by atoms with Gasteiger partial charge in [0.2, 0.25) is 0 Å². The number of oxime groups is 1. The molecule has 0 fully saturated rings. The van der Waals surface area contributed by atoms with Gasteiger partial charge >= 0.3 is 12.1 Å². The van der Waals surface area contributed by atoms with Gasteiger partial charge in [-0.05, 0) is 68.1 Å². The number of rotatable bonds is 8. The molecule has 2 N–H and O–H groups in total. The number of benzene rings is 2. The van der Waals surface area contributed by atoms with Crippen LogP contribution in [0, 0.1) is 0 Å². The summed E-state index contributed by atoms with van der Waals surface area (Å²) in [4.78, 5) is 12.7. The molecule has 0 amide bonds. The Morgan fingerprint density at radius 1 is 1.03 bits per heavy atom. The summed E-state index contributed by atoms with van der Waals surface area (Å²) in [5, 5.41) is 22.4. The van der Waals surface area contributed by atoms with E-state index in [1.54, 1.807) is 18.2 Å². The molecule has 2 aromatic carbocycles. The molecule has 1 aromatic heterocycles. The molecule has 0 saturated heterocycles. The molecule has 11 heteroatoms. The largest absolute Gasteiger partial charge is 0.478 e. The predicted molar refractivity (Wildman–Crippen MR) is 130 cm³/mol.